The summed E-state index contributed by atoms with van der Waals surface area (Å²) in [5.41, 5.74) is 1.16. The van der Waals surface area contributed by atoms with E-state index >= 15 is 0 Å². The van der Waals surface area contributed by atoms with E-state index in [-0.39, 0.29) is 18.4 Å². The van der Waals surface area contributed by atoms with Crippen molar-refractivity contribution in [2.24, 2.45) is 0 Å². The SMILES string of the molecule is COc1cc(NC(=O)CN2CCN(C(=O)c3ccc(Cl)cc3)CC2)cc(OC)c1OC. The van der Waals surface area contributed by atoms with Crippen molar-refractivity contribution in [3.63, 3.8) is 0 Å². The number of nitrogens with one attached hydrogen (secondary N) is 1. The number of carbonyl (C=O) groups excluding carboxylic acids is 2. The molecule has 3 rings (SSSR count). The van der Waals surface area contributed by atoms with E-state index in [1.54, 1.807) is 41.3 Å². The molecular weight excluding hydrogens is 422 g/mol. The van der Waals surface area contributed by atoms with Crippen LogP contribution in [0.3, 0.4) is 0 Å². The van der Waals surface area contributed by atoms with Crippen molar-refractivity contribution in [1.82, 2.24) is 9.80 Å². The zero-order valence-electron chi connectivity index (χ0n) is 17.8. The van der Waals surface area contributed by atoms with Crippen molar-refractivity contribution in [2.75, 3.05) is 59.4 Å². The van der Waals surface area contributed by atoms with Crippen LogP contribution in [0.4, 0.5) is 5.69 Å². The summed E-state index contributed by atoms with van der Waals surface area (Å²) in [5, 5.41) is 3.46. The maximum Gasteiger partial charge on any atom is 0.253 e. The number of hydrogen-bond donors (Lipinski definition) is 1. The van der Waals surface area contributed by atoms with Crippen LogP contribution in [0.5, 0.6) is 17.2 Å². The number of piperazine rings is 1. The third kappa shape index (κ3) is 5.59. The van der Waals surface area contributed by atoms with Crippen LogP contribution < -0.4 is 19.5 Å². The molecule has 0 aromatic heterocycles. The number of anilines is 1. The Balaban J connectivity index is 1.54. The van der Waals surface area contributed by atoms with Gasteiger partial charge in [0, 0.05) is 54.6 Å². The molecule has 1 N–H and O–H groups in total. The highest BCUT2D eigenvalue weighted by molar-refractivity contribution is 6.30. The van der Waals surface area contributed by atoms with Gasteiger partial charge in [0.1, 0.15) is 0 Å². The molecule has 1 saturated heterocycles. The largest absolute Gasteiger partial charge is 0.493 e. The lowest BCUT2D eigenvalue weighted by molar-refractivity contribution is -0.117. The lowest BCUT2D eigenvalue weighted by Gasteiger charge is -2.34. The van der Waals surface area contributed by atoms with Gasteiger partial charge in [0.2, 0.25) is 11.7 Å². The molecule has 0 atom stereocenters. The molecule has 1 aliphatic heterocycles. The van der Waals surface area contributed by atoms with E-state index in [1.165, 1.54) is 21.3 Å². The van der Waals surface area contributed by atoms with Gasteiger partial charge in [0.25, 0.3) is 5.91 Å². The molecule has 9 heteroatoms. The van der Waals surface area contributed by atoms with Crippen LogP contribution in [0.2, 0.25) is 5.02 Å². The minimum Gasteiger partial charge on any atom is -0.493 e. The molecule has 1 aliphatic rings. The Morgan fingerprint density at radius 1 is 0.935 bits per heavy atom. The van der Waals surface area contributed by atoms with Crippen molar-refractivity contribution in [3.8, 4) is 17.2 Å². The zero-order chi connectivity index (χ0) is 22.4. The first kappa shape index (κ1) is 22.7. The zero-order valence-corrected chi connectivity index (χ0v) is 18.6. The molecule has 2 aromatic rings. The van der Waals surface area contributed by atoms with E-state index in [0.29, 0.717) is 59.7 Å². The monoisotopic (exact) mass is 447 g/mol. The van der Waals surface area contributed by atoms with Crippen molar-refractivity contribution in [1.29, 1.82) is 0 Å². The molecule has 2 amide bonds. The van der Waals surface area contributed by atoms with Crippen LogP contribution in [-0.4, -0.2) is 75.7 Å². The number of amides is 2. The van der Waals surface area contributed by atoms with Gasteiger partial charge in [0.05, 0.1) is 27.9 Å². The Morgan fingerprint density at radius 2 is 1.52 bits per heavy atom. The van der Waals surface area contributed by atoms with E-state index in [2.05, 4.69) is 5.32 Å². The van der Waals surface area contributed by atoms with E-state index in [1.807, 2.05) is 4.90 Å². The summed E-state index contributed by atoms with van der Waals surface area (Å²) in [4.78, 5) is 29.0. The van der Waals surface area contributed by atoms with Gasteiger partial charge in [-0.2, -0.15) is 0 Å². The van der Waals surface area contributed by atoms with Gasteiger partial charge in [-0.05, 0) is 24.3 Å². The highest BCUT2D eigenvalue weighted by Crippen LogP contribution is 2.39. The second-order valence-corrected chi connectivity index (χ2v) is 7.47. The number of halogens is 1. The van der Waals surface area contributed by atoms with Crippen molar-refractivity contribution >= 4 is 29.1 Å². The average molecular weight is 448 g/mol. The third-order valence-corrected chi connectivity index (χ3v) is 5.32. The Labute approximate surface area is 186 Å². The minimum atomic E-state index is -0.160. The summed E-state index contributed by atoms with van der Waals surface area (Å²) in [6, 6.07) is 10.2. The van der Waals surface area contributed by atoms with Crippen LogP contribution in [0.15, 0.2) is 36.4 Å². The summed E-state index contributed by atoms with van der Waals surface area (Å²) in [6.07, 6.45) is 0. The van der Waals surface area contributed by atoms with Crippen LogP contribution in [0.25, 0.3) is 0 Å². The second kappa shape index (κ2) is 10.4. The molecular formula is C22H26ClN3O5. The summed E-state index contributed by atoms with van der Waals surface area (Å²) >= 11 is 5.89. The van der Waals surface area contributed by atoms with E-state index in [0.717, 1.165) is 0 Å². The van der Waals surface area contributed by atoms with Gasteiger partial charge in [-0.3, -0.25) is 14.5 Å². The van der Waals surface area contributed by atoms with Crippen LogP contribution in [-0.2, 0) is 4.79 Å². The Morgan fingerprint density at radius 3 is 2.03 bits per heavy atom. The van der Waals surface area contributed by atoms with Gasteiger partial charge >= 0.3 is 0 Å². The second-order valence-electron chi connectivity index (χ2n) is 7.04. The number of hydrogen-bond acceptors (Lipinski definition) is 6. The molecule has 0 spiro atoms. The van der Waals surface area contributed by atoms with E-state index < -0.39 is 0 Å². The standard InChI is InChI=1S/C22H26ClN3O5/c1-29-18-12-17(13-19(30-2)21(18)31-3)24-20(27)14-25-8-10-26(11-9-25)22(28)15-4-6-16(23)7-5-15/h4-7,12-13H,8-11,14H2,1-3H3,(H,24,27). The van der Waals surface area contributed by atoms with Crippen molar-refractivity contribution in [3.05, 3.63) is 47.0 Å². The molecule has 0 saturated carbocycles. The molecule has 0 radical (unpaired) electrons. The lowest BCUT2D eigenvalue weighted by Crippen LogP contribution is -2.50. The molecule has 8 nitrogen and oxygen atoms in total. The minimum absolute atomic E-state index is 0.0295. The topological polar surface area (TPSA) is 80.3 Å². The highest BCUT2D eigenvalue weighted by atomic mass is 35.5. The van der Waals surface area contributed by atoms with Crippen molar-refractivity contribution in [2.45, 2.75) is 0 Å². The van der Waals surface area contributed by atoms with Gasteiger partial charge in [-0.1, -0.05) is 11.6 Å². The molecule has 0 bridgehead atoms. The number of benzene rings is 2. The first-order valence-electron chi connectivity index (χ1n) is 9.82. The fraction of sp³-hybridized carbons (Fsp3) is 0.364. The molecule has 1 heterocycles. The van der Waals surface area contributed by atoms with E-state index in [4.69, 9.17) is 25.8 Å². The van der Waals surface area contributed by atoms with Crippen LogP contribution in [0, 0.1) is 0 Å². The number of rotatable bonds is 7. The quantitative estimate of drug-likeness (QED) is 0.703. The predicted octanol–water partition coefficient (Wildman–Crippen LogP) is 2.76. The first-order valence-corrected chi connectivity index (χ1v) is 10.2. The lowest BCUT2D eigenvalue weighted by atomic mass is 10.2. The van der Waals surface area contributed by atoms with Crippen LogP contribution in [0.1, 0.15) is 10.4 Å². The molecule has 31 heavy (non-hydrogen) atoms. The fourth-order valence-electron chi connectivity index (χ4n) is 3.44. The Kier molecular flexibility index (Phi) is 7.59. The van der Waals surface area contributed by atoms with Gasteiger partial charge in [-0.15, -0.1) is 0 Å². The average Bonchev–Trinajstić information content (AvgIpc) is 2.78. The number of carbonyl (C=O) groups is 2. The third-order valence-electron chi connectivity index (χ3n) is 5.07. The molecule has 1 fully saturated rings. The summed E-state index contributed by atoms with van der Waals surface area (Å²) in [5.74, 6) is 1.20. The Hall–Kier alpha value is -2.97. The number of methoxy groups -OCH3 is 3. The first-order chi connectivity index (χ1) is 14.9. The summed E-state index contributed by atoms with van der Waals surface area (Å²) < 4.78 is 15.9. The van der Waals surface area contributed by atoms with Gasteiger partial charge < -0.3 is 24.4 Å². The smallest absolute Gasteiger partial charge is 0.253 e. The normalized spacial score (nSPS) is 14.1. The highest BCUT2D eigenvalue weighted by Gasteiger charge is 2.23. The molecule has 0 aliphatic carbocycles. The summed E-state index contributed by atoms with van der Waals surface area (Å²) in [6.45, 7) is 2.56. The van der Waals surface area contributed by atoms with Gasteiger partial charge in [-0.25, -0.2) is 0 Å². The molecule has 2 aromatic carbocycles. The predicted molar refractivity (Wildman–Crippen MR) is 119 cm³/mol. The van der Waals surface area contributed by atoms with E-state index in [9.17, 15) is 9.59 Å². The van der Waals surface area contributed by atoms with Crippen molar-refractivity contribution < 1.29 is 23.8 Å². The van der Waals surface area contributed by atoms with Crippen LogP contribution >= 0.6 is 11.6 Å². The summed E-state index contributed by atoms with van der Waals surface area (Å²) in [7, 11) is 4.57. The maximum atomic E-state index is 12.6. The number of nitrogens with zero attached hydrogens (tertiary/aromatic N) is 2. The molecule has 0 unspecified atom stereocenters. The fourth-order valence-corrected chi connectivity index (χ4v) is 3.57. The maximum absolute atomic E-state index is 12.6. The number of ether oxygens (including phenoxy) is 3. The van der Waals surface area contributed by atoms with Gasteiger partial charge in [0.15, 0.2) is 11.5 Å². The molecule has 166 valence electrons. The Bertz CT molecular complexity index is 902.